The van der Waals surface area contributed by atoms with Gasteiger partial charge in [0.15, 0.2) is 23.0 Å². The second-order valence-electron chi connectivity index (χ2n) is 4.56. The van der Waals surface area contributed by atoms with Crippen LogP contribution in [0.2, 0.25) is 0 Å². The first kappa shape index (κ1) is 12.7. The third-order valence-corrected chi connectivity index (χ3v) is 2.32. The highest BCUT2D eigenvalue weighted by molar-refractivity contribution is 5.88. The first-order chi connectivity index (χ1) is 7.34. The molecule has 0 aliphatic rings. The molecule has 1 aromatic rings. The Hall–Kier alpha value is -1.38. The Balaban J connectivity index is 2.89. The molecular weight excluding hydrogens is 207 g/mol. The molecule has 0 heterocycles. The van der Waals surface area contributed by atoms with Crippen LogP contribution in [0.25, 0.3) is 0 Å². The van der Waals surface area contributed by atoms with Gasteiger partial charge in [-0.1, -0.05) is 26.0 Å². The van der Waals surface area contributed by atoms with Crippen molar-refractivity contribution in [2.75, 3.05) is 0 Å². The molecule has 88 valence electrons. The van der Waals surface area contributed by atoms with Crippen LogP contribution in [-0.2, 0) is 4.79 Å². The monoisotopic (exact) mass is 224 g/mol. The average Bonchev–Trinajstić information content (AvgIpc) is 2.20. The quantitative estimate of drug-likeness (QED) is 0.785. The van der Waals surface area contributed by atoms with Crippen LogP contribution in [-0.4, -0.2) is 11.4 Å². The molecule has 2 nitrogen and oxygen atoms in total. The van der Waals surface area contributed by atoms with E-state index in [1.54, 1.807) is 39.8 Å². The molecule has 0 atom stereocenters. The molecular formula is C13H17FO2. The Morgan fingerprint density at radius 3 is 2.38 bits per heavy atom. The van der Waals surface area contributed by atoms with Crippen molar-refractivity contribution in [2.45, 2.75) is 33.3 Å². The maximum Gasteiger partial charge on any atom is 0.178 e. The van der Waals surface area contributed by atoms with Crippen LogP contribution in [0.1, 0.15) is 27.7 Å². The number of ketones is 1. The van der Waals surface area contributed by atoms with Crippen molar-refractivity contribution in [1.82, 2.24) is 0 Å². The van der Waals surface area contributed by atoms with Gasteiger partial charge in [0.1, 0.15) is 0 Å². The molecule has 0 amide bonds. The predicted molar refractivity (Wildman–Crippen MR) is 61.0 cm³/mol. The fourth-order valence-electron chi connectivity index (χ4n) is 1.55. The lowest BCUT2D eigenvalue weighted by Crippen LogP contribution is -2.41. The summed E-state index contributed by atoms with van der Waals surface area (Å²) in [6.07, 6.45) is 0. The summed E-state index contributed by atoms with van der Waals surface area (Å²) in [5.74, 6) is -0.522. The van der Waals surface area contributed by atoms with Crippen LogP contribution in [0.4, 0.5) is 4.39 Å². The van der Waals surface area contributed by atoms with Gasteiger partial charge in [-0.05, 0) is 26.0 Å². The molecule has 0 bridgehead atoms. The molecule has 0 unspecified atom stereocenters. The molecule has 3 heteroatoms. The SMILES string of the molecule is CC(C)C(=O)C(C)(C)Oc1ccccc1F. The van der Waals surface area contributed by atoms with E-state index in [4.69, 9.17) is 4.74 Å². The lowest BCUT2D eigenvalue weighted by Gasteiger charge is -2.26. The molecule has 1 rings (SSSR count). The minimum atomic E-state index is -1.00. The van der Waals surface area contributed by atoms with E-state index in [-0.39, 0.29) is 17.5 Å². The summed E-state index contributed by atoms with van der Waals surface area (Å²) in [5, 5.41) is 0. The summed E-state index contributed by atoms with van der Waals surface area (Å²) in [6.45, 7) is 6.91. The molecule has 0 aliphatic heterocycles. The lowest BCUT2D eigenvalue weighted by molar-refractivity contribution is -0.135. The van der Waals surface area contributed by atoms with Gasteiger partial charge in [-0.15, -0.1) is 0 Å². The van der Waals surface area contributed by atoms with Crippen LogP contribution in [0.3, 0.4) is 0 Å². The third kappa shape index (κ3) is 2.81. The summed E-state index contributed by atoms with van der Waals surface area (Å²) in [4.78, 5) is 11.8. The summed E-state index contributed by atoms with van der Waals surface area (Å²) < 4.78 is 18.8. The highest BCUT2D eigenvalue weighted by Gasteiger charge is 2.32. The molecule has 0 aromatic heterocycles. The standard InChI is InChI=1S/C13H17FO2/c1-9(2)12(15)13(3,4)16-11-8-6-5-7-10(11)14/h5-9H,1-4H3. The van der Waals surface area contributed by atoms with E-state index in [1.165, 1.54) is 12.1 Å². The summed E-state index contributed by atoms with van der Waals surface area (Å²) in [5.41, 5.74) is -1.00. The zero-order chi connectivity index (χ0) is 12.3. The molecule has 0 saturated carbocycles. The Morgan fingerprint density at radius 1 is 1.31 bits per heavy atom. The molecule has 0 aliphatic carbocycles. The number of hydrogen-bond donors (Lipinski definition) is 0. The van der Waals surface area contributed by atoms with Gasteiger partial charge in [-0.3, -0.25) is 4.79 Å². The van der Waals surface area contributed by atoms with Crippen LogP contribution in [0.15, 0.2) is 24.3 Å². The van der Waals surface area contributed by atoms with Crippen molar-refractivity contribution in [1.29, 1.82) is 0 Å². The minimum Gasteiger partial charge on any atom is -0.477 e. The predicted octanol–water partition coefficient (Wildman–Crippen LogP) is 3.21. The minimum absolute atomic E-state index is 0.0456. The average molecular weight is 224 g/mol. The van der Waals surface area contributed by atoms with Gasteiger partial charge in [0.25, 0.3) is 0 Å². The molecule has 16 heavy (non-hydrogen) atoms. The Kier molecular flexibility index (Phi) is 3.68. The van der Waals surface area contributed by atoms with E-state index >= 15 is 0 Å². The van der Waals surface area contributed by atoms with Crippen molar-refractivity contribution < 1.29 is 13.9 Å². The van der Waals surface area contributed by atoms with E-state index in [9.17, 15) is 9.18 Å². The third-order valence-electron chi connectivity index (χ3n) is 2.32. The number of carbonyl (C=O) groups is 1. The summed E-state index contributed by atoms with van der Waals surface area (Å²) in [6, 6.07) is 6.09. The van der Waals surface area contributed by atoms with E-state index in [0.717, 1.165) is 0 Å². The maximum atomic E-state index is 13.3. The Morgan fingerprint density at radius 2 is 1.88 bits per heavy atom. The largest absolute Gasteiger partial charge is 0.477 e. The molecule has 0 fully saturated rings. The number of hydrogen-bond acceptors (Lipinski definition) is 2. The molecule has 0 radical (unpaired) electrons. The van der Waals surface area contributed by atoms with Gasteiger partial charge >= 0.3 is 0 Å². The number of para-hydroxylation sites is 1. The second-order valence-corrected chi connectivity index (χ2v) is 4.56. The number of rotatable bonds is 4. The molecule has 0 saturated heterocycles. The van der Waals surface area contributed by atoms with Crippen molar-refractivity contribution in [3.05, 3.63) is 30.1 Å². The summed E-state index contributed by atoms with van der Waals surface area (Å²) >= 11 is 0. The first-order valence-corrected chi connectivity index (χ1v) is 5.32. The van der Waals surface area contributed by atoms with Gasteiger partial charge < -0.3 is 4.74 Å². The first-order valence-electron chi connectivity index (χ1n) is 5.32. The smallest absolute Gasteiger partial charge is 0.178 e. The van der Waals surface area contributed by atoms with Crippen molar-refractivity contribution in [3.8, 4) is 5.75 Å². The fraction of sp³-hybridized carbons (Fsp3) is 0.462. The van der Waals surface area contributed by atoms with E-state index in [2.05, 4.69) is 0 Å². The summed E-state index contributed by atoms with van der Waals surface area (Å²) in [7, 11) is 0. The van der Waals surface area contributed by atoms with Gasteiger partial charge in [-0.25, -0.2) is 4.39 Å². The van der Waals surface area contributed by atoms with Gasteiger partial charge in [0.2, 0.25) is 0 Å². The highest BCUT2D eigenvalue weighted by Crippen LogP contribution is 2.24. The number of benzene rings is 1. The Labute approximate surface area is 95.4 Å². The maximum absolute atomic E-state index is 13.3. The fourth-order valence-corrected chi connectivity index (χ4v) is 1.55. The van der Waals surface area contributed by atoms with Crippen LogP contribution < -0.4 is 4.74 Å². The zero-order valence-corrected chi connectivity index (χ0v) is 10.1. The number of carbonyl (C=O) groups excluding carboxylic acids is 1. The molecule has 0 N–H and O–H groups in total. The topological polar surface area (TPSA) is 26.3 Å². The molecule has 0 spiro atoms. The number of ether oxygens (including phenoxy) is 1. The normalized spacial score (nSPS) is 11.6. The van der Waals surface area contributed by atoms with E-state index in [1.807, 2.05) is 0 Å². The van der Waals surface area contributed by atoms with Gasteiger partial charge in [0.05, 0.1) is 0 Å². The second kappa shape index (κ2) is 4.64. The van der Waals surface area contributed by atoms with Gasteiger partial charge in [0, 0.05) is 5.92 Å². The zero-order valence-electron chi connectivity index (χ0n) is 10.1. The van der Waals surface area contributed by atoms with Crippen molar-refractivity contribution in [2.24, 2.45) is 5.92 Å². The van der Waals surface area contributed by atoms with Crippen LogP contribution in [0, 0.1) is 11.7 Å². The Bertz CT molecular complexity index is 383. The number of halogens is 1. The van der Waals surface area contributed by atoms with E-state index < -0.39 is 11.4 Å². The van der Waals surface area contributed by atoms with Crippen LogP contribution >= 0.6 is 0 Å². The van der Waals surface area contributed by atoms with Gasteiger partial charge in [-0.2, -0.15) is 0 Å². The number of Topliss-reactive ketones (excluding diaryl/α,β-unsaturated/α-hetero) is 1. The van der Waals surface area contributed by atoms with E-state index in [0.29, 0.717) is 0 Å². The van der Waals surface area contributed by atoms with Crippen molar-refractivity contribution in [3.63, 3.8) is 0 Å². The lowest BCUT2D eigenvalue weighted by atomic mass is 9.94. The van der Waals surface area contributed by atoms with Crippen molar-refractivity contribution >= 4 is 5.78 Å². The van der Waals surface area contributed by atoms with Crippen LogP contribution in [0.5, 0.6) is 5.75 Å². The molecule has 1 aromatic carbocycles. The highest BCUT2D eigenvalue weighted by atomic mass is 19.1.